The van der Waals surface area contributed by atoms with Crippen LogP contribution in [0.15, 0.2) is 65.4 Å². The second-order valence-electron chi connectivity index (χ2n) is 10.1. The maximum absolute atomic E-state index is 13.1. The number of ether oxygens (including phenoxy) is 2. The molecule has 1 aliphatic rings. The minimum atomic E-state index is -0.767. The zero-order valence-electron chi connectivity index (χ0n) is 20.3. The van der Waals surface area contributed by atoms with Crippen molar-refractivity contribution in [3.63, 3.8) is 0 Å². The van der Waals surface area contributed by atoms with E-state index >= 15 is 0 Å². The molecule has 0 aliphatic carbocycles. The quantitative estimate of drug-likeness (QED) is 0.281. The van der Waals surface area contributed by atoms with Gasteiger partial charge in [-0.15, -0.1) is 0 Å². The summed E-state index contributed by atoms with van der Waals surface area (Å²) in [5.41, 5.74) is 5.03. The second-order valence-corrected chi connectivity index (χ2v) is 10.1. The van der Waals surface area contributed by atoms with Crippen molar-refractivity contribution in [2.75, 3.05) is 6.61 Å². The summed E-state index contributed by atoms with van der Waals surface area (Å²) in [4.78, 5) is 18.0. The predicted octanol–water partition coefficient (Wildman–Crippen LogP) is 7.18. The highest BCUT2D eigenvalue weighted by atomic mass is 16.5. The molecular formula is C30H27NO4. The van der Waals surface area contributed by atoms with Crippen LogP contribution in [-0.2, 0) is 16.0 Å². The first-order valence-electron chi connectivity index (χ1n) is 12.0. The van der Waals surface area contributed by atoms with Gasteiger partial charge in [-0.1, -0.05) is 24.3 Å². The van der Waals surface area contributed by atoms with Crippen molar-refractivity contribution >= 4 is 38.4 Å². The van der Waals surface area contributed by atoms with Crippen LogP contribution in [0, 0.1) is 0 Å². The van der Waals surface area contributed by atoms with Gasteiger partial charge in [-0.25, -0.2) is 0 Å². The summed E-state index contributed by atoms with van der Waals surface area (Å²) < 4.78 is 18.4. The lowest BCUT2D eigenvalue weighted by Crippen LogP contribution is -2.27. The Hall–Kier alpha value is -3.70. The Labute approximate surface area is 203 Å². The van der Waals surface area contributed by atoms with Gasteiger partial charge in [-0.2, -0.15) is 0 Å². The Kier molecular flexibility index (Phi) is 4.94. The van der Waals surface area contributed by atoms with E-state index in [0.29, 0.717) is 6.61 Å². The number of benzene rings is 3. The normalized spacial score (nSPS) is 14.4. The van der Waals surface area contributed by atoms with Crippen LogP contribution in [-0.4, -0.2) is 23.0 Å². The first-order chi connectivity index (χ1) is 16.8. The molecule has 5 aromatic rings. The van der Waals surface area contributed by atoms with Crippen molar-refractivity contribution in [3.8, 4) is 16.9 Å². The molecule has 176 valence electrons. The molecule has 6 rings (SSSR count). The van der Waals surface area contributed by atoms with Gasteiger partial charge in [0.15, 0.2) is 5.78 Å². The first-order valence-corrected chi connectivity index (χ1v) is 12.0. The molecule has 0 N–H and O–H groups in total. The number of ketones is 1. The van der Waals surface area contributed by atoms with E-state index in [1.54, 1.807) is 13.2 Å². The van der Waals surface area contributed by atoms with Crippen molar-refractivity contribution in [2.45, 2.75) is 45.8 Å². The van der Waals surface area contributed by atoms with Gasteiger partial charge in [0.1, 0.15) is 17.4 Å². The Balaban J connectivity index is 1.79. The first kappa shape index (κ1) is 21.8. The lowest BCUT2D eigenvalue weighted by atomic mass is 9.85. The Bertz CT molecular complexity index is 1610. The number of furan rings is 1. The van der Waals surface area contributed by atoms with Gasteiger partial charge >= 0.3 is 0 Å². The smallest absolute Gasteiger partial charge is 0.163 e. The zero-order chi connectivity index (χ0) is 24.3. The van der Waals surface area contributed by atoms with E-state index in [1.807, 2.05) is 51.2 Å². The largest absolute Gasteiger partial charge is 0.493 e. The third-order valence-electron chi connectivity index (χ3n) is 6.61. The molecule has 0 fully saturated rings. The summed E-state index contributed by atoms with van der Waals surface area (Å²) in [6.45, 7) is 8.16. The van der Waals surface area contributed by atoms with E-state index in [9.17, 15) is 4.79 Å². The summed E-state index contributed by atoms with van der Waals surface area (Å²) in [5.74, 6) is 0.792. The highest BCUT2D eigenvalue weighted by Gasteiger charge is 2.32. The number of Topliss-reactive ketones (excluding diaryl/α,β-unsaturated/α-hetero) is 1. The fraction of sp³-hybridized carbons (Fsp3) is 0.267. The van der Waals surface area contributed by atoms with E-state index < -0.39 is 11.7 Å². The summed E-state index contributed by atoms with van der Waals surface area (Å²) in [5, 5.41) is 3.89. The number of rotatable bonds is 4. The van der Waals surface area contributed by atoms with Gasteiger partial charge in [0.05, 0.1) is 24.0 Å². The van der Waals surface area contributed by atoms with Crippen molar-refractivity contribution in [1.29, 1.82) is 0 Å². The average molecular weight is 466 g/mol. The molecule has 35 heavy (non-hydrogen) atoms. The summed E-state index contributed by atoms with van der Waals surface area (Å²) in [6, 6.07) is 16.2. The maximum Gasteiger partial charge on any atom is 0.163 e. The van der Waals surface area contributed by atoms with Gasteiger partial charge in [0, 0.05) is 39.9 Å². The topological polar surface area (TPSA) is 61.6 Å². The molecule has 0 bridgehead atoms. The molecule has 0 radical (unpaired) electrons. The molecule has 0 amide bonds. The number of fused-ring (bicyclic) bond motifs is 3. The molecule has 1 unspecified atom stereocenters. The van der Waals surface area contributed by atoms with E-state index in [-0.39, 0.29) is 5.78 Å². The molecule has 5 nitrogen and oxygen atoms in total. The Morgan fingerprint density at radius 1 is 1.03 bits per heavy atom. The van der Waals surface area contributed by atoms with Crippen LogP contribution in [0.1, 0.15) is 44.9 Å². The number of aromatic nitrogens is 1. The molecule has 3 heterocycles. The lowest BCUT2D eigenvalue weighted by Gasteiger charge is -2.29. The van der Waals surface area contributed by atoms with Gasteiger partial charge in [0.2, 0.25) is 0 Å². The molecule has 3 aromatic carbocycles. The molecule has 0 saturated carbocycles. The number of hydrogen-bond donors (Lipinski definition) is 0. The number of carbonyl (C=O) groups excluding carboxylic acids is 1. The fourth-order valence-corrected chi connectivity index (χ4v) is 5.27. The molecule has 0 saturated heterocycles. The second kappa shape index (κ2) is 7.92. The van der Waals surface area contributed by atoms with E-state index in [1.165, 1.54) is 5.56 Å². The molecule has 1 atom stereocenters. The van der Waals surface area contributed by atoms with Gasteiger partial charge in [0.25, 0.3) is 0 Å². The minimum absolute atomic E-state index is 0.0574. The average Bonchev–Trinajstić information content (AvgIpc) is 3.32. The molecule has 1 aliphatic heterocycles. The van der Waals surface area contributed by atoms with Gasteiger partial charge in [-0.05, 0) is 68.5 Å². The number of carbonyl (C=O) groups is 1. The highest BCUT2D eigenvalue weighted by molar-refractivity contribution is 6.17. The number of hydrogen-bond acceptors (Lipinski definition) is 5. The maximum atomic E-state index is 13.1. The van der Waals surface area contributed by atoms with Crippen LogP contribution in [0.5, 0.6) is 5.75 Å². The van der Waals surface area contributed by atoms with Crippen LogP contribution in [0.4, 0.5) is 0 Å². The zero-order valence-corrected chi connectivity index (χ0v) is 20.3. The van der Waals surface area contributed by atoms with Crippen LogP contribution in [0.2, 0.25) is 0 Å². The van der Waals surface area contributed by atoms with Crippen LogP contribution in [0.25, 0.3) is 43.8 Å². The molecule has 0 spiro atoms. The number of nitrogens with zero attached hydrogens (tertiary/aromatic N) is 1. The number of pyridine rings is 1. The Morgan fingerprint density at radius 3 is 2.60 bits per heavy atom. The van der Waals surface area contributed by atoms with Crippen LogP contribution >= 0.6 is 0 Å². The van der Waals surface area contributed by atoms with Crippen molar-refractivity contribution in [1.82, 2.24) is 4.98 Å². The highest BCUT2D eigenvalue weighted by Crippen LogP contribution is 2.47. The predicted molar refractivity (Wildman–Crippen MR) is 138 cm³/mol. The Morgan fingerprint density at radius 2 is 1.83 bits per heavy atom. The molecular weight excluding hydrogens is 438 g/mol. The summed E-state index contributed by atoms with van der Waals surface area (Å²) in [6.07, 6.45) is 3.62. The third-order valence-corrected chi connectivity index (χ3v) is 6.61. The SMILES string of the molecule is CC(=O)C(OC(C)(C)C)c1c(-c2ccc3c4c(ccnc24)CCO3)c2ccccc2c2occc12. The third kappa shape index (κ3) is 3.50. The monoisotopic (exact) mass is 465 g/mol. The van der Waals surface area contributed by atoms with Crippen molar-refractivity contribution < 1.29 is 18.7 Å². The van der Waals surface area contributed by atoms with E-state index in [4.69, 9.17) is 18.9 Å². The minimum Gasteiger partial charge on any atom is -0.493 e. The molecule has 2 aromatic heterocycles. The fourth-order valence-electron chi connectivity index (χ4n) is 5.27. The summed E-state index contributed by atoms with van der Waals surface area (Å²) >= 11 is 0. The van der Waals surface area contributed by atoms with Crippen LogP contribution < -0.4 is 4.74 Å². The standard InChI is InChI=1S/C30H27NO4/c1-17(32)28(35-30(2,3)4)26-22-13-16-34-29(22)20-8-6-5-7-19(20)25(26)21-9-10-23-24-18(12-15-33-23)11-14-31-27(21)24/h5-11,13-14,16,28H,12,15H2,1-4H3. The van der Waals surface area contributed by atoms with Crippen molar-refractivity contribution in [2.24, 2.45) is 0 Å². The summed E-state index contributed by atoms with van der Waals surface area (Å²) in [7, 11) is 0. The lowest BCUT2D eigenvalue weighted by molar-refractivity contribution is -0.138. The van der Waals surface area contributed by atoms with Crippen LogP contribution in [0.3, 0.4) is 0 Å². The van der Waals surface area contributed by atoms with Crippen molar-refractivity contribution in [3.05, 3.63) is 72.1 Å². The van der Waals surface area contributed by atoms with Gasteiger partial charge < -0.3 is 13.9 Å². The van der Waals surface area contributed by atoms with Gasteiger partial charge in [-0.3, -0.25) is 9.78 Å². The molecule has 5 heteroatoms. The van der Waals surface area contributed by atoms with E-state index in [2.05, 4.69) is 24.3 Å². The van der Waals surface area contributed by atoms with E-state index in [0.717, 1.165) is 61.5 Å².